The van der Waals surface area contributed by atoms with Crippen molar-refractivity contribution in [2.75, 3.05) is 33.0 Å². The highest BCUT2D eigenvalue weighted by Crippen LogP contribution is 2.30. The van der Waals surface area contributed by atoms with E-state index in [0.29, 0.717) is 19.8 Å². The summed E-state index contributed by atoms with van der Waals surface area (Å²) in [5, 5.41) is 0. The number of hydrogen-bond acceptors (Lipinski definition) is 4. The first-order valence-corrected chi connectivity index (χ1v) is 21.3. The second-order valence-electron chi connectivity index (χ2n) is 14.8. The van der Waals surface area contributed by atoms with Gasteiger partial charge >= 0.3 is 0 Å². The fourth-order valence-corrected chi connectivity index (χ4v) is 6.71. The number of epoxide rings is 1. The highest BCUT2D eigenvalue weighted by atomic mass is 16.6. The summed E-state index contributed by atoms with van der Waals surface area (Å²) >= 11 is 0. The molecule has 0 aromatic heterocycles. The molecule has 0 saturated carbocycles. The Morgan fingerprint density at radius 3 is 1.29 bits per heavy atom. The highest BCUT2D eigenvalue weighted by Gasteiger charge is 2.24. The van der Waals surface area contributed by atoms with Crippen molar-refractivity contribution in [2.45, 2.75) is 212 Å². The maximum atomic E-state index is 6.34. The molecule has 1 saturated heterocycles. The van der Waals surface area contributed by atoms with Crippen molar-refractivity contribution in [3.63, 3.8) is 0 Å². The van der Waals surface area contributed by atoms with Crippen LogP contribution >= 0.6 is 0 Å². The van der Waals surface area contributed by atoms with Crippen molar-refractivity contribution >= 4 is 0 Å². The van der Waals surface area contributed by atoms with Crippen LogP contribution in [-0.2, 0) is 25.6 Å². The minimum atomic E-state index is -0.0240. The van der Waals surface area contributed by atoms with E-state index in [0.717, 1.165) is 32.7 Å². The van der Waals surface area contributed by atoms with Crippen LogP contribution in [0.15, 0.2) is 24.3 Å². The second kappa shape index (κ2) is 33.2. The molecule has 1 heterocycles. The fourth-order valence-electron chi connectivity index (χ4n) is 6.71. The first-order chi connectivity index (χ1) is 23.8. The molecule has 1 atom stereocenters. The molecule has 1 aliphatic rings. The quantitative estimate of drug-likeness (QED) is 0.0518. The lowest BCUT2D eigenvalue weighted by Gasteiger charge is -2.19. The van der Waals surface area contributed by atoms with Crippen molar-refractivity contribution < 1.29 is 18.9 Å². The first kappa shape index (κ1) is 43.2. The van der Waals surface area contributed by atoms with Gasteiger partial charge in [-0.1, -0.05) is 205 Å². The molecular weight excluding hydrogens is 592 g/mol. The Kier molecular flexibility index (Phi) is 29.9. The average Bonchev–Trinajstić information content (AvgIpc) is 3.96. The molecule has 1 aromatic carbocycles. The molecule has 48 heavy (non-hydrogen) atoms. The fraction of sp³-hybridized carbons (Fsp3) is 0.864. The number of rotatable bonds is 38. The van der Waals surface area contributed by atoms with Crippen LogP contribution in [0.5, 0.6) is 0 Å². The van der Waals surface area contributed by atoms with Crippen LogP contribution in [0.1, 0.15) is 211 Å². The van der Waals surface area contributed by atoms with E-state index < -0.39 is 0 Å². The third-order valence-corrected chi connectivity index (χ3v) is 10.0. The Hall–Kier alpha value is -0.940. The molecule has 0 aliphatic carbocycles. The van der Waals surface area contributed by atoms with Crippen molar-refractivity contribution in [2.24, 2.45) is 0 Å². The molecule has 1 fully saturated rings. The molecule has 4 heteroatoms. The zero-order valence-corrected chi connectivity index (χ0v) is 32.1. The minimum absolute atomic E-state index is 0.0240. The van der Waals surface area contributed by atoms with Crippen LogP contribution in [0.4, 0.5) is 0 Å². The molecular formula is C44H80O4. The largest absolute Gasteiger partial charge is 0.379 e. The van der Waals surface area contributed by atoms with E-state index in [1.807, 2.05) is 0 Å². The van der Waals surface area contributed by atoms with Crippen molar-refractivity contribution in [1.82, 2.24) is 0 Å². The summed E-state index contributed by atoms with van der Waals surface area (Å²) in [4.78, 5) is 0. The Labute approximate surface area is 299 Å². The highest BCUT2D eigenvalue weighted by molar-refractivity contribution is 5.26. The van der Waals surface area contributed by atoms with E-state index >= 15 is 0 Å². The van der Waals surface area contributed by atoms with E-state index in [1.54, 1.807) is 0 Å². The van der Waals surface area contributed by atoms with Crippen molar-refractivity contribution in [1.29, 1.82) is 0 Å². The van der Waals surface area contributed by atoms with Crippen LogP contribution < -0.4 is 0 Å². The van der Waals surface area contributed by atoms with Crippen molar-refractivity contribution in [3.8, 4) is 0 Å². The van der Waals surface area contributed by atoms with Gasteiger partial charge in [-0.15, -0.1) is 0 Å². The normalized spacial score (nSPS) is 14.4. The summed E-state index contributed by atoms with van der Waals surface area (Å²) < 4.78 is 24.1. The number of benzene rings is 1. The third kappa shape index (κ3) is 26.9. The molecule has 0 N–H and O–H groups in total. The molecule has 1 aliphatic heterocycles. The Morgan fingerprint density at radius 2 is 0.917 bits per heavy atom. The van der Waals surface area contributed by atoms with E-state index in [1.165, 1.54) is 178 Å². The summed E-state index contributed by atoms with van der Waals surface area (Å²) in [6.45, 7) is 8.90. The standard InChI is InChI=1S/C44H80O4/c1-3-5-7-9-11-13-15-17-19-21-23-25-27-29-34-45-38-43(47-37-41-32-31-33-42(36-41)44-40-48-44)39-46-35-30-28-26-24-22-20-18-16-14-12-10-8-6-4-2/h31-33,36,43-44H,3-30,34-35,37-40H2,1-2H3. The monoisotopic (exact) mass is 673 g/mol. The molecule has 0 spiro atoms. The van der Waals surface area contributed by atoms with Gasteiger partial charge in [-0.2, -0.15) is 0 Å². The lowest BCUT2D eigenvalue weighted by molar-refractivity contribution is -0.0674. The van der Waals surface area contributed by atoms with Gasteiger partial charge < -0.3 is 18.9 Å². The molecule has 2 rings (SSSR count). The molecule has 1 unspecified atom stereocenters. The van der Waals surface area contributed by atoms with Gasteiger partial charge in [0.15, 0.2) is 0 Å². The first-order valence-electron chi connectivity index (χ1n) is 21.3. The Morgan fingerprint density at radius 1 is 0.542 bits per heavy atom. The Bertz CT molecular complexity index is 758. The van der Waals surface area contributed by atoms with E-state index in [9.17, 15) is 0 Å². The SMILES string of the molecule is CCCCCCCCCCCCCCCCOCC(COCCCCCCCCCCCCCCCC)OCc1cccc(C2CO2)c1. The maximum absolute atomic E-state index is 6.34. The summed E-state index contributed by atoms with van der Waals surface area (Å²) in [5.41, 5.74) is 2.46. The third-order valence-electron chi connectivity index (χ3n) is 10.0. The summed E-state index contributed by atoms with van der Waals surface area (Å²) in [5.74, 6) is 0. The van der Waals surface area contributed by atoms with Gasteiger partial charge in [0.2, 0.25) is 0 Å². The lowest BCUT2D eigenvalue weighted by atomic mass is 10.0. The van der Waals surface area contributed by atoms with Crippen LogP contribution in [0, 0.1) is 0 Å². The smallest absolute Gasteiger partial charge is 0.106 e. The van der Waals surface area contributed by atoms with Crippen LogP contribution in [0.3, 0.4) is 0 Å². The molecule has 1 aromatic rings. The second-order valence-corrected chi connectivity index (χ2v) is 14.8. The molecule has 0 bridgehead atoms. The zero-order valence-electron chi connectivity index (χ0n) is 32.1. The van der Waals surface area contributed by atoms with Gasteiger partial charge in [0, 0.05) is 13.2 Å². The van der Waals surface area contributed by atoms with E-state index in [2.05, 4.69) is 38.1 Å². The average molecular weight is 673 g/mol. The molecule has 280 valence electrons. The number of ether oxygens (including phenoxy) is 4. The number of hydrogen-bond donors (Lipinski definition) is 0. The zero-order chi connectivity index (χ0) is 34.0. The van der Waals surface area contributed by atoms with Gasteiger partial charge in [-0.25, -0.2) is 0 Å². The van der Waals surface area contributed by atoms with Gasteiger partial charge in [0.25, 0.3) is 0 Å². The number of unbranched alkanes of at least 4 members (excludes halogenated alkanes) is 26. The lowest BCUT2D eigenvalue weighted by Crippen LogP contribution is -2.26. The van der Waals surface area contributed by atoms with E-state index in [-0.39, 0.29) is 12.2 Å². The Balaban J connectivity index is 1.48. The topological polar surface area (TPSA) is 40.2 Å². The summed E-state index contributed by atoms with van der Waals surface area (Å²) in [7, 11) is 0. The van der Waals surface area contributed by atoms with Crippen molar-refractivity contribution in [3.05, 3.63) is 35.4 Å². The van der Waals surface area contributed by atoms with Gasteiger partial charge in [-0.3, -0.25) is 0 Å². The van der Waals surface area contributed by atoms with Gasteiger partial charge in [-0.05, 0) is 24.0 Å². The van der Waals surface area contributed by atoms with Crippen LogP contribution in [-0.4, -0.2) is 39.1 Å². The van der Waals surface area contributed by atoms with Gasteiger partial charge in [0.05, 0.1) is 26.4 Å². The summed E-state index contributed by atoms with van der Waals surface area (Å²) in [6.07, 6.45) is 39.0. The van der Waals surface area contributed by atoms with E-state index in [4.69, 9.17) is 18.9 Å². The summed E-state index contributed by atoms with van der Waals surface area (Å²) in [6, 6.07) is 8.63. The van der Waals surface area contributed by atoms with Crippen LogP contribution in [0.25, 0.3) is 0 Å². The predicted octanol–water partition coefficient (Wildman–Crippen LogP) is 13.6. The molecule has 4 nitrogen and oxygen atoms in total. The molecule has 0 amide bonds. The van der Waals surface area contributed by atoms with Gasteiger partial charge in [0.1, 0.15) is 12.2 Å². The maximum Gasteiger partial charge on any atom is 0.106 e. The predicted molar refractivity (Wildman–Crippen MR) is 206 cm³/mol. The minimum Gasteiger partial charge on any atom is -0.379 e. The molecule has 0 radical (unpaired) electrons. The van der Waals surface area contributed by atoms with Crippen LogP contribution in [0.2, 0.25) is 0 Å².